The predicted octanol–water partition coefficient (Wildman–Crippen LogP) is 3.02. The van der Waals surface area contributed by atoms with Gasteiger partial charge in [-0.05, 0) is 24.8 Å². The van der Waals surface area contributed by atoms with Crippen molar-refractivity contribution in [1.29, 1.82) is 0 Å². The van der Waals surface area contributed by atoms with Crippen LogP contribution in [0.1, 0.15) is 46.0 Å². The lowest BCUT2D eigenvalue weighted by molar-refractivity contribution is -0.125. The van der Waals surface area contributed by atoms with Crippen LogP contribution in [0.15, 0.2) is 5.11 Å². The molecule has 0 aromatic carbocycles. The maximum absolute atomic E-state index is 11.7. The third kappa shape index (κ3) is 7.12. The Labute approximate surface area is 97.2 Å². The SMILES string of the molecule is CCCC(CCC)C(=O)NCCCN=[N+]=[N-]. The van der Waals surface area contributed by atoms with Crippen molar-refractivity contribution in [2.75, 3.05) is 13.1 Å². The molecule has 0 saturated carbocycles. The number of amides is 1. The van der Waals surface area contributed by atoms with Gasteiger partial charge >= 0.3 is 0 Å². The van der Waals surface area contributed by atoms with E-state index in [2.05, 4.69) is 29.2 Å². The smallest absolute Gasteiger partial charge is 0.223 e. The van der Waals surface area contributed by atoms with E-state index in [0.717, 1.165) is 25.7 Å². The molecule has 0 unspecified atom stereocenters. The van der Waals surface area contributed by atoms with E-state index >= 15 is 0 Å². The maximum atomic E-state index is 11.7. The van der Waals surface area contributed by atoms with Crippen LogP contribution < -0.4 is 5.32 Å². The average Bonchev–Trinajstić information content (AvgIpc) is 2.28. The summed E-state index contributed by atoms with van der Waals surface area (Å²) in [5.41, 5.74) is 8.07. The number of carbonyl (C=O) groups is 1. The van der Waals surface area contributed by atoms with Crippen molar-refractivity contribution in [3.05, 3.63) is 10.4 Å². The van der Waals surface area contributed by atoms with Crippen LogP contribution in [0, 0.1) is 5.92 Å². The average molecular weight is 226 g/mol. The van der Waals surface area contributed by atoms with Gasteiger partial charge < -0.3 is 5.32 Å². The van der Waals surface area contributed by atoms with Gasteiger partial charge in [0.1, 0.15) is 0 Å². The molecule has 0 bridgehead atoms. The quantitative estimate of drug-likeness (QED) is 0.279. The van der Waals surface area contributed by atoms with Crippen molar-refractivity contribution >= 4 is 5.91 Å². The molecule has 0 saturated heterocycles. The van der Waals surface area contributed by atoms with Gasteiger partial charge in [0, 0.05) is 23.9 Å². The Morgan fingerprint density at radius 3 is 2.50 bits per heavy atom. The van der Waals surface area contributed by atoms with Crippen LogP contribution >= 0.6 is 0 Å². The van der Waals surface area contributed by atoms with Crippen molar-refractivity contribution < 1.29 is 4.79 Å². The molecule has 1 N–H and O–H groups in total. The van der Waals surface area contributed by atoms with Crippen LogP contribution in [-0.4, -0.2) is 19.0 Å². The van der Waals surface area contributed by atoms with Gasteiger partial charge in [0.05, 0.1) is 0 Å². The summed E-state index contributed by atoms with van der Waals surface area (Å²) in [5.74, 6) is 0.291. The first kappa shape index (κ1) is 14.8. The van der Waals surface area contributed by atoms with Gasteiger partial charge in [-0.3, -0.25) is 4.79 Å². The molecule has 16 heavy (non-hydrogen) atoms. The fraction of sp³-hybridized carbons (Fsp3) is 0.909. The summed E-state index contributed by atoms with van der Waals surface area (Å²) in [6.07, 6.45) is 4.69. The Kier molecular flexibility index (Phi) is 9.52. The van der Waals surface area contributed by atoms with Crippen molar-refractivity contribution in [1.82, 2.24) is 5.32 Å². The zero-order valence-electron chi connectivity index (χ0n) is 10.3. The van der Waals surface area contributed by atoms with E-state index in [0.29, 0.717) is 19.5 Å². The minimum absolute atomic E-state index is 0.143. The highest BCUT2D eigenvalue weighted by molar-refractivity contribution is 5.78. The van der Waals surface area contributed by atoms with E-state index in [1.165, 1.54) is 0 Å². The fourth-order valence-corrected chi connectivity index (χ4v) is 1.65. The zero-order valence-corrected chi connectivity index (χ0v) is 10.3. The summed E-state index contributed by atoms with van der Waals surface area (Å²) >= 11 is 0. The molecule has 5 heteroatoms. The molecule has 0 aliphatic heterocycles. The molecule has 0 aliphatic rings. The summed E-state index contributed by atoms with van der Waals surface area (Å²) in [6.45, 7) is 5.24. The molecule has 1 amide bonds. The number of nitrogens with one attached hydrogen (secondary N) is 1. The third-order valence-corrected chi connectivity index (χ3v) is 2.44. The second kappa shape index (κ2) is 10.3. The van der Waals surface area contributed by atoms with Crippen molar-refractivity contribution in [2.24, 2.45) is 11.0 Å². The van der Waals surface area contributed by atoms with Crippen LogP contribution in [0.4, 0.5) is 0 Å². The van der Waals surface area contributed by atoms with Crippen LogP contribution in [0.3, 0.4) is 0 Å². The number of azide groups is 1. The van der Waals surface area contributed by atoms with Crippen LogP contribution in [0.5, 0.6) is 0 Å². The Balaban J connectivity index is 3.77. The van der Waals surface area contributed by atoms with E-state index in [9.17, 15) is 4.79 Å². The molecule has 0 aromatic heterocycles. The molecule has 0 aromatic rings. The minimum Gasteiger partial charge on any atom is -0.356 e. The topological polar surface area (TPSA) is 77.9 Å². The molecule has 92 valence electrons. The lowest BCUT2D eigenvalue weighted by Crippen LogP contribution is -2.31. The Morgan fingerprint density at radius 2 is 2.00 bits per heavy atom. The molecule has 0 heterocycles. The number of nitrogens with zero attached hydrogens (tertiary/aromatic N) is 3. The lowest BCUT2D eigenvalue weighted by Gasteiger charge is -2.14. The Hall–Kier alpha value is -1.22. The number of hydrogen-bond donors (Lipinski definition) is 1. The zero-order chi connectivity index (χ0) is 12.2. The molecule has 0 aliphatic carbocycles. The minimum atomic E-state index is 0.143. The number of rotatable bonds is 9. The first-order valence-corrected chi connectivity index (χ1v) is 6.04. The van der Waals surface area contributed by atoms with Gasteiger partial charge in [-0.15, -0.1) is 0 Å². The number of carbonyl (C=O) groups excluding carboxylic acids is 1. The first-order chi connectivity index (χ1) is 7.76. The molecular formula is C11H22N4O. The van der Waals surface area contributed by atoms with E-state index in [1.54, 1.807) is 0 Å². The number of hydrogen-bond acceptors (Lipinski definition) is 2. The second-order valence-corrected chi connectivity index (χ2v) is 3.87. The highest BCUT2D eigenvalue weighted by Gasteiger charge is 2.15. The van der Waals surface area contributed by atoms with Gasteiger partial charge in [0.2, 0.25) is 5.91 Å². The van der Waals surface area contributed by atoms with Crippen LogP contribution in [0.25, 0.3) is 10.4 Å². The van der Waals surface area contributed by atoms with Gasteiger partial charge in [-0.25, -0.2) is 0 Å². The standard InChI is InChI=1S/C11H22N4O/c1-3-6-10(7-4-2)11(16)13-8-5-9-14-15-12/h10H,3-9H2,1-2H3,(H,13,16). The Morgan fingerprint density at radius 1 is 1.38 bits per heavy atom. The molecule has 0 fully saturated rings. The van der Waals surface area contributed by atoms with Crippen LogP contribution in [-0.2, 0) is 4.79 Å². The van der Waals surface area contributed by atoms with E-state index in [1.807, 2.05) is 0 Å². The Bertz CT molecular complexity index is 230. The molecule has 0 spiro atoms. The maximum Gasteiger partial charge on any atom is 0.223 e. The summed E-state index contributed by atoms with van der Waals surface area (Å²) in [4.78, 5) is 14.4. The summed E-state index contributed by atoms with van der Waals surface area (Å²) < 4.78 is 0. The first-order valence-electron chi connectivity index (χ1n) is 6.04. The van der Waals surface area contributed by atoms with Gasteiger partial charge in [-0.1, -0.05) is 31.8 Å². The van der Waals surface area contributed by atoms with Gasteiger partial charge in [-0.2, -0.15) is 0 Å². The monoisotopic (exact) mass is 226 g/mol. The third-order valence-electron chi connectivity index (χ3n) is 2.44. The summed E-state index contributed by atoms with van der Waals surface area (Å²) in [7, 11) is 0. The van der Waals surface area contributed by atoms with Crippen LogP contribution in [0.2, 0.25) is 0 Å². The summed E-state index contributed by atoms with van der Waals surface area (Å²) in [5, 5.41) is 6.30. The van der Waals surface area contributed by atoms with Crippen molar-refractivity contribution in [2.45, 2.75) is 46.0 Å². The lowest BCUT2D eigenvalue weighted by atomic mass is 9.97. The highest BCUT2D eigenvalue weighted by atomic mass is 16.1. The molecular weight excluding hydrogens is 204 g/mol. The fourth-order valence-electron chi connectivity index (χ4n) is 1.65. The molecule has 0 radical (unpaired) electrons. The van der Waals surface area contributed by atoms with Crippen molar-refractivity contribution in [3.8, 4) is 0 Å². The normalized spacial score (nSPS) is 9.94. The molecule has 0 rings (SSSR count). The largest absolute Gasteiger partial charge is 0.356 e. The molecule has 0 atom stereocenters. The van der Waals surface area contributed by atoms with Gasteiger partial charge in [0.15, 0.2) is 0 Å². The summed E-state index contributed by atoms with van der Waals surface area (Å²) in [6, 6.07) is 0. The molecule has 5 nitrogen and oxygen atoms in total. The predicted molar refractivity (Wildman–Crippen MR) is 64.9 cm³/mol. The van der Waals surface area contributed by atoms with Crippen molar-refractivity contribution in [3.63, 3.8) is 0 Å². The highest BCUT2D eigenvalue weighted by Crippen LogP contribution is 2.13. The van der Waals surface area contributed by atoms with E-state index in [-0.39, 0.29) is 11.8 Å². The van der Waals surface area contributed by atoms with E-state index < -0.39 is 0 Å². The van der Waals surface area contributed by atoms with E-state index in [4.69, 9.17) is 5.53 Å². The second-order valence-electron chi connectivity index (χ2n) is 3.87. The van der Waals surface area contributed by atoms with Gasteiger partial charge in [0.25, 0.3) is 0 Å².